The Morgan fingerprint density at radius 2 is 1.92 bits per heavy atom. The van der Waals surface area contributed by atoms with Crippen molar-refractivity contribution in [3.8, 4) is 0 Å². The molecule has 1 fully saturated rings. The number of aliphatic imine (C=N–C) groups is 1. The highest BCUT2D eigenvalue weighted by atomic mass is 15.3. The van der Waals surface area contributed by atoms with Crippen molar-refractivity contribution in [1.82, 2.24) is 9.78 Å². The van der Waals surface area contributed by atoms with E-state index in [0.29, 0.717) is 5.92 Å². The highest BCUT2D eigenvalue weighted by Crippen LogP contribution is 2.32. The molecule has 2 aromatic carbocycles. The van der Waals surface area contributed by atoms with E-state index >= 15 is 0 Å². The maximum atomic E-state index is 4.76. The largest absolute Gasteiger partial charge is 0.345 e. The lowest BCUT2D eigenvalue weighted by atomic mass is 9.89. The van der Waals surface area contributed by atoms with Crippen LogP contribution in [-0.2, 0) is 13.0 Å². The number of hydrogen-bond donors (Lipinski definition) is 0. The van der Waals surface area contributed by atoms with E-state index in [2.05, 4.69) is 98.6 Å². The number of benzene rings is 2. The van der Waals surface area contributed by atoms with E-state index in [1.807, 2.05) is 12.4 Å². The number of nitrogens with zero attached hydrogens (tertiary/aromatic N) is 4. The van der Waals surface area contributed by atoms with Gasteiger partial charge in [-0.05, 0) is 90.6 Å². The van der Waals surface area contributed by atoms with Crippen LogP contribution in [0, 0.1) is 12.8 Å². The van der Waals surface area contributed by atoms with Crippen LogP contribution in [0.2, 0.25) is 0 Å². The first-order valence-electron chi connectivity index (χ1n) is 13.6. The molecule has 1 aromatic heterocycles. The van der Waals surface area contributed by atoms with E-state index in [1.54, 1.807) is 0 Å². The zero-order chi connectivity index (χ0) is 25.7. The van der Waals surface area contributed by atoms with E-state index in [9.17, 15) is 0 Å². The molecule has 0 aliphatic heterocycles. The minimum atomic E-state index is 0.509. The Labute approximate surface area is 217 Å². The summed E-state index contributed by atoms with van der Waals surface area (Å²) < 4.78 is 2.08. The third kappa shape index (κ3) is 6.34. The Hall–Kier alpha value is -3.14. The molecule has 1 aliphatic rings. The SMILES string of the molecule is C=C(/C=N\c1ccc(N(C)c2cc(CC)cc(C(C)C)c2)cc1C)c1cnn(CC2CCCCC2)c1. The Morgan fingerprint density at radius 1 is 1.14 bits per heavy atom. The number of hydrogen-bond acceptors (Lipinski definition) is 3. The first-order valence-corrected chi connectivity index (χ1v) is 13.6. The fraction of sp³-hybridized carbons (Fsp3) is 0.438. The molecule has 4 heteroatoms. The van der Waals surface area contributed by atoms with Gasteiger partial charge >= 0.3 is 0 Å². The molecule has 1 heterocycles. The van der Waals surface area contributed by atoms with E-state index in [-0.39, 0.29) is 0 Å². The van der Waals surface area contributed by atoms with Gasteiger partial charge in [-0.25, -0.2) is 0 Å². The zero-order valence-electron chi connectivity index (χ0n) is 22.8. The number of aryl methyl sites for hydroxylation is 2. The average Bonchev–Trinajstić information content (AvgIpc) is 3.36. The van der Waals surface area contributed by atoms with Crippen molar-refractivity contribution in [3.63, 3.8) is 0 Å². The fourth-order valence-electron chi connectivity index (χ4n) is 5.06. The first kappa shape index (κ1) is 25.9. The molecule has 0 bridgehead atoms. The molecular formula is C32H42N4. The topological polar surface area (TPSA) is 33.4 Å². The lowest BCUT2D eigenvalue weighted by Crippen LogP contribution is -2.14. The van der Waals surface area contributed by atoms with Gasteiger partial charge in [0.2, 0.25) is 0 Å². The first-order chi connectivity index (χ1) is 17.3. The molecule has 0 radical (unpaired) electrons. The monoisotopic (exact) mass is 482 g/mol. The van der Waals surface area contributed by atoms with Crippen LogP contribution in [0.5, 0.6) is 0 Å². The number of anilines is 2. The number of aromatic nitrogens is 2. The normalized spacial score (nSPS) is 14.6. The van der Waals surface area contributed by atoms with E-state index in [4.69, 9.17) is 4.99 Å². The van der Waals surface area contributed by atoms with Gasteiger partial charge in [-0.3, -0.25) is 9.67 Å². The van der Waals surface area contributed by atoms with Gasteiger partial charge in [0, 0.05) is 42.9 Å². The molecule has 1 saturated carbocycles. The van der Waals surface area contributed by atoms with Crippen LogP contribution in [0.1, 0.15) is 81.0 Å². The van der Waals surface area contributed by atoms with Crippen LogP contribution in [0.25, 0.3) is 5.57 Å². The molecule has 1 aliphatic carbocycles. The molecular weight excluding hydrogens is 440 g/mol. The second-order valence-electron chi connectivity index (χ2n) is 10.7. The molecule has 190 valence electrons. The maximum Gasteiger partial charge on any atom is 0.0660 e. The van der Waals surface area contributed by atoms with Crippen LogP contribution < -0.4 is 4.90 Å². The Bertz CT molecular complexity index is 1210. The van der Waals surface area contributed by atoms with Crippen molar-refractivity contribution in [2.75, 3.05) is 11.9 Å². The molecule has 0 atom stereocenters. The molecule has 0 amide bonds. The summed E-state index contributed by atoms with van der Waals surface area (Å²) in [5.74, 6) is 1.27. The van der Waals surface area contributed by atoms with Crippen molar-refractivity contribution in [3.05, 3.63) is 77.6 Å². The van der Waals surface area contributed by atoms with Crippen LogP contribution in [0.15, 0.2) is 60.4 Å². The van der Waals surface area contributed by atoms with Gasteiger partial charge in [0.25, 0.3) is 0 Å². The van der Waals surface area contributed by atoms with E-state index in [0.717, 1.165) is 47.0 Å². The average molecular weight is 483 g/mol. The Balaban J connectivity index is 1.44. The predicted molar refractivity (Wildman–Crippen MR) is 155 cm³/mol. The molecule has 0 unspecified atom stereocenters. The molecule has 0 saturated heterocycles. The van der Waals surface area contributed by atoms with E-state index in [1.165, 1.54) is 48.9 Å². The van der Waals surface area contributed by atoms with Gasteiger partial charge < -0.3 is 4.90 Å². The maximum absolute atomic E-state index is 4.76. The zero-order valence-corrected chi connectivity index (χ0v) is 22.8. The van der Waals surface area contributed by atoms with Crippen LogP contribution in [0.4, 0.5) is 17.1 Å². The molecule has 4 rings (SSSR count). The second-order valence-corrected chi connectivity index (χ2v) is 10.7. The third-order valence-electron chi connectivity index (χ3n) is 7.56. The van der Waals surface area contributed by atoms with Crippen LogP contribution in [-0.4, -0.2) is 23.0 Å². The van der Waals surface area contributed by atoms with Gasteiger partial charge in [0.1, 0.15) is 0 Å². The molecule has 36 heavy (non-hydrogen) atoms. The van der Waals surface area contributed by atoms with Crippen molar-refractivity contribution in [1.29, 1.82) is 0 Å². The standard InChI is InChI=1S/C32H42N4/c1-7-26-16-28(23(2)3)18-31(17-26)35(6)30-13-14-32(24(4)15-30)33-19-25(5)29-20-34-36(22-29)21-27-11-9-8-10-12-27/h13-20,22-23,27H,5,7-12,21H2,1-4,6H3/b33-19-. The van der Waals surface area contributed by atoms with E-state index < -0.39 is 0 Å². The summed E-state index contributed by atoms with van der Waals surface area (Å²) >= 11 is 0. The predicted octanol–water partition coefficient (Wildman–Crippen LogP) is 8.64. The van der Waals surface area contributed by atoms with Gasteiger partial charge in [-0.15, -0.1) is 0 Å². The highest BCUT2D eigenvalue weighted by Gasteiger charge is 2.15. The summed E-state index contributed by atoms with van der Waals surface area (Å²) in [5.41, 5.74) is 9.20. The lowest BCUT2D eigenvalue weighted by molar-refractivity contribution is 0.308. The van der Waals surface area contributed by atoms with Crippen molar-refractivity contribution < 1.29 is 0 Å². The van der Waals surface area contributed by atoms with Gasteiger partial charge in [-0.1, -0.05) is 52.7 Å². The summed E-state index contributed by atoms with van der Waals surface area (Å²) in [5, 5.41) is 4.58. The van der Waals surface area contributed by atoms with Crippen molar-refractivity contribution in [2.24, 2.45) is 10.9 Å². The fourth-order valence-corrected chi connectivity index (χ4v) is 5.06. The minimum Gasteiger partial charge on any atom is -0.345 e. The van der Waals surface area contributed by atoms with Crippen molar-refractivity contribution in [2.45, 2.75) is 78.7 Å². The van der Waals surface area contributed by atoms with Gasteiger partial charge in [0.05, 0.1) is 11.9 Å². The van der Waals surface area contributed by atoms with Gasteiger partial charge in [0.15, 0.2) is 0 Å². The molecule has 3 aromatic rings. The van der Waals surface area contributed by atoms with Crippen molar-refractivity contribution >= 4 is 28.8 Å². The number of rotatable bonds is 9. The summed E-state index contributed by atoms with van der Waals surface area (Å²) in [6.07, 6.45) is 13.7. The van der Waals surface area contributed by atoms with Crippen LogP contribution >= 0.6 is 0 Å². The van der Waals surface area contributed by atoms with Crippen LogP contribution in [0.3, 0.4) is 0 Å². The molecule has 4 nitrogen and oxygen atoms in total. The number of allylic oxidation sites excluding steroid dienone is 1. The summed E-state index contributed by atoms with van der Waals surface area (Å²) in [7, 11) is 2.14. The molecule has 0 N–H and O–H groups in total. The second kappa shape index (κ2) is 11.7. The summed E-state index contributed by atoms with van der Waals surface area (Å²) in [6.45, 7) is 14.1. The smallest absolute Gasteiger partial charge is 0.0660 e. The Kier molecular flexibility index (Phi) is 8.45. The van der Waals surface area contributed by atoms with Gasteiger partial charge in [-0.2, -0.15) is 5.10 Å². The lowest BCUT2D eigenvalue weighted by Gasteiger charge is -2.23. The Morgan fingerprint density at radius 3 is 2.61 bits per heavy atom. The quantitative estimate of drug-likeness (QED) is 0.286. The highest BCUT2D eigenvalue weighted by molar-refractivity contribution is 6.09. The third-order valence-corrected chi connectivity index (χ3v) is 7.56. The minimum absolute atomic E-state index is 0.509. The summed E-state index contributed by atoms with van der Waals surface area (Å²) in [6, 6.07) is 13.4. The molecule has 0 spiro atoms. The summed E-state index contributed by atoms with van der Waals surface area (Å²) in [4.78, 5) is 7.03.